The summed E-state index contributed by atoms with van der Waals surface area (Å²) in [4.78, 5) is 0. The lowest BCUT2D eigenvalue weighted by Gasteiger charge is -2.36. The quantitative estimate of drug-likeness (QED) is 0.123. The number of nitrogens with two attached hydrogens (primary N) is 4. The maximum atomic E-state index is 6.91. The van der Waals surface area contributed by atoms with E-state index >= 15 is 0 Å². The van der Waals surface area contributed by atoms with Crippen molar-refractivity contribution in [3.8, 4) is 90.5 Å². The minimum absolute atomic E-state index is 0.121. The summed E-state index contributed by atoms with van der Waals surface area (Å²) < 4.78 is 55.3. The molecule has 0 unspecified atom stereocenters. The summed E-state index contributed by atoms with van der Waals surface area (Å²) >= 11 is 0. The molecule has 0 saturated heterocycles. The maximum Gasteiger partial charge on any atom is 0.230 e. The van der Waals surface area contributed by atoms with Crippen LogP contribution in [0, 0.1) is 0 Å². The molecule has 72 heavy (non-hydrogen) atoms. The van der Waals surface area contributed by atoms with Gasteiger partial charge in [-0.25, -0.2) is 0 Å². The summed E-state index contributed by atoms with van der Waals surface area (Å²) in [5, 5.41) is 0. The van der Waals surface area contributed by atoms with E-state index in [1.807, 2.05) is 97.1 Å². The molecule has 360 valence electrons. The van der Waals surface area contributed by atoms with E-state index in [4.69, 9.17) is 60.8 Å². The molecule has 12 heteroatoms. The van der Waals surface area contributed by atoms with Crippen LogP contribution in [0.25, 0.3) is 44.5 Å². The summed E-state index contributed by atoms with van der Waals surface area (Å²) in [7, 11) is 0. The fourth-order valence-electron chi connectivity index (χ4n) is 11.5. The predicted molar refractivity (Wildman–Crippen MR) is 280 cm³/mol. The number of hydrogen-bond donors (Lipinski definition) is 4. The SMILES string of the molecule is CC1c2cc3c4c(-c5ccc(N)cc5)c2OCOc2c1cc1c(c2-c2ccc(N)cc2)OCOc2c(cc5c(c2-c2ccc(N)cc2)OCOc2c(cc(c(c2-c2ccc(N)cc2)OCO4)C3C)C5C)C1C. The van der Waals surface area contributed by atoms with Crippen molar-refractivity contribution in [3.05, 3.63) is 166 Å². The molecule has 0 aromatic heterocycles. The van der Waals surface area contributed by atoms with E-state index in [0.29, 0.717) is 68.7 Å². The zero-order valence-corrected chi connectivity index (χ0v) is 40.3. The first-order chi connectivity index (χ1) is 35.0. The molecule has 0 amide bonds. The van der Waals surface area contributed by atoms with Crippen LogP contribution in [0.3, 0.4) is 0 Å². The van der Waals surface area contributed by atoms with Gasteiger partial charge in [-0.2, -0.15) is 0 Å². The van der Waals surface area contributed by atoms with E-state index in [2.05, 4.69) is 52.0 Å². The molecule has 0 radical (unpaired) electrons. The van der Waals surface area contributed by atoms with Crippen LogP contribution in [0.5, 0.6) is 46.0 Å². The lowest BCUT2D eigenvalue weighted by atomic mass is 9.76. The second-order valence-electron chi connectivity index (χ2n) is 19.4. The first-order valence-corrected chi connectivity index (χ1v) is 24.3. The van der Waals surface area contributed by atoms with Gasteiger partial charge in [0.15, 0.2) is 0 Å². The zero-order chi connectivity index (χ0) is 49.1. The highest BCUT2D eigenvalue weighted by Crippen LogP contribution is 2.60. The minimum Gasteiger partial charge on any atom is -0.456 e. The van der Waals surface area contributed by atoms with Gasteiger partial charge in [0.25, 0.3) is 0 Å². The normalized spacial score (nSPS) is 18.6. The van der Waals surface area contributed by atoms with Crippen LogP contribution in [0.15, 0.2) is 121 Å². The number of ether oxygens (including phenoxy) is 8. The van der Waals surface area contributed by atoms with Crippen molar-refractivity contribution in [1.82, 2.24) is 0 Å². The third-order valence-corrected chi connectivity index (χ3v) is 15.3. The van der Waals surface area contributed by atoms with Crippen molar-refractivity contribution in [3.63, 3.8) is 0 Å². The molecule has 0 spiro atoms. The molecule has 8 aromatic carbocycles. The molecular formula is C60H52N4O8. The van der Waals surface area contributed by atoms with Crippen LogP contribution in [0.2, 0.25) is 0 Å². The van der Waals surface area contributed by atoms with Gasteiger partial charge in [-0.3, -0.25) is 0 Å². The Hall–Kier alpha value is -8.64. The Morgan fingerprint density at radius 1 is 0.264 bits per heavy atom. The van der Waals surface area contributed by atoms with Gasteiger partial charge in [0.05, 0.1) is 22.3 Å². The highest BCUT2D eigenvalue weighted by molar-refractivity contribution is 5.89. The third kappa shape index (κ3) is 6.65. The second kappa shape index (κ2) is 16.5. The number of hydrogen-bond acceptors (Lipinski definition) is 12. The summed E-state index contributed by atoms with van der Waals surface area (Å²) in [6.07, 6.45) is 0. The molecule has 0 saturated carbocycles. The Kier molecular flexibility index (Phi) is 9.93. The molecule has 1 aliphatic carbocycles. The molecule has 4 aliphatic heterocycles. The third-order valence-electron chi connectivity index (χ3n) is 15.3. The second-order valence-corrected chi connectivity index (χ2v) is 19.4. The van der Waals surface area contributed by atoms with Gasteiger partial charge in [0, 0.05) is 90.9 Å². The number of benzene rings is 8. The van der Waals surface area contributed by atoms with Gasteiger partial charge in [-0.05, 0) is 95.1 Å². The predicted octanol–water partition coefficient (Wildman–Crippen LogP) is 12.5. The molecule has 5 aliphatic rings. The Morgan fingerprint density at radius 2 is 0.417 bits per heavy atom. The zero-order valence-electron chi connectivity index (χ0n) is 40.3. The molecule has 13 rings (SSSR count). The highest BCUT2D eigenvalue weighted by atomic mass is 16.7. The first kappa shape index (κ1) is 43.4. The van der Waals surface area contributed by atoms with E-state index in [1.165, 1.54) is 0 Å². The Morgan fingerprint density at radius 3 is 0.569 bits per heavy atom. The fourth-order valence-corrected chi connectivity index (χ4v) is 11.5. The Labute approximate surface area is 416 Å². The lowest BCUT2D eigenvalue weighted by Crippen LogP contribution is -2.23. The average molecular weight is 957 g/mol. The molecule has 0 atom stereocenters. The summed E-state index contributed by atoms with van der Waals surface area (Å²) in [5.41, 5.74) is 42.1. The average Bonchev–Trinajstić information content (AvgIpc) is 3.37. The van der Waals surface area contributed by atoms with Crippen LogP contribution < -0.4 is 60.8 Å². The molecule has 8 bridgehead atoms. The molecule has 4 heterocycles. The monoisotopic (exact) mass is 956 g/mol. The van der Waals surface area contributed by atoms with Crippen LogP contribution in [-0.4, -0.2) is 27.2 Å². The molecule has 0 fully saturated rings. The van der Waals surface area contributed by atoms with Crippen molar-refractivity contribution >= 4 is 22.7 Å². The number of nitrogen functional groups attached to an aromatic ring is 4. The summed E-state index contributed by atoms with van der Waals surface area (Å²) in [6.45, 7) is 8.36. The number of anilines is 4. The minimum atomic E-state index is -0.306. The molecule has 8 N–H and O–H groups in total. The van der Waals surface area contributed by atoms with Gasteiger partial charge < -0.3 is 60.8 Å². The summed E-state index contributed by atoms with van der Waals surface area (Å²) in [5.74, 6) is 3.91. The van der Waals surface area contributed by atoms with Crippen LogP contribution >= 0.6 is 0 Å². The van der Waals surface area contributed by atoms with Gasteiger partial charge in [-0.1, -0.05) is 76.2 Å². The highest BCUT2D eigenvalue weighted by Gasteiger charge is 2.40. The largest absolute Gasteiger partial charge is 0.456 e. The number of rotatable bonds is 4. The van der Waals surface area contributed by atoms with Crippen LogP contribution in [-0.2, 0) is 0 Å². The van der Waals surface area contributed by atoms with Crippen LogP contribution in [0.4, 0.5) is 22.7 Å². The van der Waals surface area contributed by atoms with Crippen molar-refractivity contribution in [2.24, 2.45) is 0 Å². The van der Waals surface area contributed by atoms with Crippen molar-refractivity contribution in [1.29, 1.82) is 0 Å². The van der Waals surface area contributed by atoms with E-state index < -0.39 is 0 Å². The molecular weight excluding hydrogens is 905 g/mol. The van der Waals surface area contributed by atoms with E-state index in [1.54, 1.807) is 0 Å². The Balaban J connectivity index is 1.20. The maximum absolute atomic E-state index is 6.91. The molecule has 12 nitrogen and oxygen atoms in total. The smallest absolute Gasteiger partial charge is 0.230 e. The van der Waals surface area contributed by atoms with Gasteiger partial charge in [-0.15, -0.1) is 0 Å². The van der Waals surface area contributed by atoms with Gasteiger partial charge >= 0.3 is 0 Å². The Bertz CT molecular complexity index is 2930. The van der Waals surface area contributed by atoms with Crippen molar-refractivity contribution in [2.75, 3.05) is 50.1 Å². The standard InChI is InChI=1S/C60H52N4O8/c1-29-41-21-43-30(2)45-23-47-32(4)48-24-46-31(3)44-22-42(29)54-50(34-7-15-38(62)16-8-34)56(44)68-27-70-58(46)52(36-11-19-40(64)20-12-36)60(48)72-28-71-59(47)51(35-9-17-39(63)18-10-35)57(45)69-26-67-55(43)49(53(41)65-25-66-54)33-5-13-37(61)14-6-33/h5-24,29-32H,25-28,61-64H2,1-4H3. The van der Waals surface area contributed by atoms with Crippen LogP contribution in [0.1, 0.15) is 95.9 Å². The van der Waals surface area contributed by atoms with E-state index in [9.17, 15) is 0 Å². The van der Waals surface area contributed by atoms with Crippen molar-refractivity contribution in [2.45, 2.75) is 51.4 Å². The van der Waals surface area contributed by atoms with E-state index in [-0.39, 0.29) is 50.8 Å². The molecule has 8 aromatic rings. The van der Waals surface area contributed by atoms with E-state index in [0.717, 1.165) is 89.0 Å². The fraction of sp³-hybridized carbons (Fsp3) is 0.200. The van der Waals surface area contributed by atoms with Gasteiger partial charge in [0.2, 0.25) is 27.2 Å². The van der Waals surface area contributed by atoms with Gasteiger partial charge in [0.1, 0.15) is 46.0 Å². The lowest BCUT2D eigenvalue weighted by molar-refractivity contribution is 0.101. The van der Waals surface area contributed by atoms with Crippen molar-refractivity contribution < 1.29 is 37.9 Å². The topological polar surface area (TPSA) is 178 Å². The first-order valence-electron chi connectivity index (χ1n) is 24.3. The summed E-state index contributed by atoms with van der Waals surface area (Å²) in [6, 6.07) is 40.3.